The molecule has 5 nitrogen and oxygen atoms in total. The molecule has 0 saturated carbocycles. The zero-order valence-corrected chi connectivity index (χ0v) is 11.6. The maximum Gasteiger partial charge on any atom is 0.251 e. The van der Waals surface area contributed by atoms with E-state index < -0.39 is 0 Å². The van der Waals surface area contributed by atoms with Crippen LogP contribution in [0.3, 0.4) is 0 Å². The van der Waals surface area contributed by atoms with Crippen molar-refractivity contribution in [2.24, 2.45) is 7.05 Å². The predicted molar refractivity (Wildman–Crippen MR) is 74.9 cm³/mol. The summed E-state index contributed by atoms with van der Waals surface area (Å²) in [5, 5.41) is 16.0. The van der Waals surface area contributed by atoms with Crippen molar-refractivity contribution in [3.63, 3.8) is 0 Å². The molecule has 1 N–H and O–H groups in total. The van der Waals surface area contributed by atoms with Crippen molar-refractivity contribution in [1.29, 1.82) is 5.26 Å². The highest BCUT2D eigenvalue weighted by molar-refractivity contribution is 5.94. The summed E-state index contributed by atoms with van der Waals surface area (Å²) < 4.78 is 1.75. The second-order valence-corrected chi connectivity index (χ2v) is 4.50. The van der Waals surface area contributed by atoms with Crippen molar-refractivity contribution in [3.8, 4) is 6.07 Å². The predicted octanol–water partition coefficient (Wildman–Crippen LogP) is 1.78. The molecule has 0 aliphatic carbocycles. The van der Waals surface area contributed by atoms with E-state index in [1.165, 1.54) is 0 Å². The molecule has 2 aromatic rings. The highest BCUT2D eigenvalue weighted by atomic mass is 16.1. The molecule has 1 amide bonds. The van der Waals surface area contributed by atoms with Crippen LogP contribution < -0.4 is 5.32 Å². The summed E-state index contributed by atoms with van der Waals surface area (Å²) in [6.45, 7) is 2.47. The first-order valence-electron chi connectivity index (χ1n) is 6.43. The first-order chi connectivity index (χ1) is 9.63. The molecule has 1 aromatic heterocycles. The first kappa shape index (κ1) is 13.8. The van der Waals surface area contributed by atoms with Gasteiger partial charge in [0.2, 0.25) is 0 Å². The topological polar surface area (TPSA) is 70.7 Å². The van der Waals surface area contributed by atoms with E-state index in [0.29, 0.717) is 17.7 Å². The van der Waals surface area contributed by atoms with E-state index in [9.17, 15) is 4.79 Å². The Bertz CT molecular complexity index is 667. The summed E-state index contributed by atoms with van der Waals surface area (Å²) in [5.41, 5.74) is 2.97. The number of hydrogen-bond acceptors (Lipinski definition) is 3. The van der Waals surface area contributed by atoms with Gasteiger partial charge in [0.1, 0.15) is 0 Å². The summed E-state index contributed by atoms with van der Waals surface area (Å²) in [6.07, 6.45) is 2.74. The van der Waals surface area contributed by atoms with Gasteiger partial charge < -0.3 is 5.32 Å². The molecule has 0 radical (unpaired) electrons. The molecule has 1 heterocycles. The number of carbonyl (C=O) groups excluding carboxylic acids is 1. The van der Waals surface area contributed by atoms with E-state index in [1.807, 2.05) is 26.2 Å². The van der Waals surface area contributed by atoms with Crippen molar-refractivity contribution in [2.75, 3.05) is 0 Å². The fourth-order valence-electron chi connectivity index (χ4n) is 2.04. The summed E-state index contributed by atoms with van der Waals surface area (Å²) in [5.74, 6) is -0.187. The Labute approximate surface area is 117 Å². The molecule has 1 aromatic carbocycles. The molecule has 0 aliphatic rings. The summed E-state index contributed by atoms with van der Waals surface area (Å²) in [6, 6.07) is 8.68. The molecule has 20 heavy (non-hydrogen) atoms. The monoisotopic (exact) mass is 268 g/mol. The second kappa shape index (κ2) is 6.02. The lowest BCUT2D eigenvalue weighted by Crippen LogP contribution is -2.23. The standard InChI is InChI=1S/C15H16N4O/c1-3-14-13(10-19(2)18-14)9-17-15(20)12-6-4-5-11(7-12)8-16/h4-7,10H,3,9H2,1-2H3,(H,17,20). The number of nitriles is 1. The van der Waals surface area contributed by atoms with E-state index >= 15 is 0 Å². The van der Waals surface area contributed by atoms with Gasteiger partial charge in [0, 0.05) is 30.9 Å². The fourth-order valence-corrected chi connectivity index (χ4v) is 2.04. The van der Waals surface area contributed by atoms with Gasteiger partial charge >= 0.3 is 0 Å². The molecule has 102 valence electrons. The van der Waals surface area contributed by atoms with Gasteiger partial charge in [-0.2, -0.15) is 10.4 Å². The molecule has 0 spiro atoms. The van der Waals surface area contributed by atoms with E-state index in [-0.39, 0.29) is 5.91 Å². The summed E-state index contributed by atoms with van der Waals surface area (Å²) >= 11 is 0. The SMILES string of the molecule is CCc1nn(C)cc1CNC(=O)c1cccc(C#N)c1. The fraction of sp³-hybridized carbons (Fsp3) is 0.267. The molecule has 0 bridgehead atoms. The van der Waals surface area contributed by atoms with Crippen LogP contribution in [0.4, 0.5) is 0 Å². The lowest BCUT2D eigenvalue weighted by molar-refractivity contribution is 0.0951. The number of rotatable bonds is 4. The Morgan fingerprint density at radius 1 is 1.50 bits per heavy atom. The van der Waals surface area contributed by atoms with Crippen LogP contribution >= 0.6 is 0 Å². The quantitative estimate of drug-likeness (QED) is 0.918. The van der Waals surface area contributed by atoms with Gasteiger partial charge in [-0.25, -0.2) is 0 Å². The van der Waals surface area contributed by atoms with Crippen molar-refractivity contribution < 1.29 is 4.79 Å². The summed E-state index contributed by atoms with van der Waals surface area (Å²) in [4.78, 5) is 12.0. The average Bonchev–Trinajstić information content (AvgIpc) is 2.85. The third-order valence-electron chi connectivity index (χ3n) is 3.02. The number of aromatic nitrogens is 2. The summed E-state index contributed by atoms with van der Waals surface area (Å²) in [7, 11) is 1.86. The minimum Gasteiger partial charge on any atom is -0.348 e. The molecule has 0 unspecified atom stereocenters. The number of amides is 1. The zero-order valence-electron chi connectivity index (χ0n) is 11.6. The highest BCUT2D eigenvalue weighted by Crippen LogP contribution is 2.08. The van der Waals surface area contributed by atoms with E-state index in [4.69, 9.17) is 5.26 Å². The van der Waals surface area contributed by atoms with Gasteiger partial charge in [0.05, 0.1) is 17.3 Å². The van der Waals surface area contributed by atoms with Gasteiger partial charge in [-0.05, 0) is 24.6 Å². The largest absolute Gasteiger partial charge is 0.348 e. The molecule has 0 aliphatic heterocycles. The van der Waals surface area contributed by atoms with Crippen LogP contribution in [0.1, 0.15) is 34.1 Å². The number of carbonyl (C=O) groups is 1. The van der Waals surface area contributed by atoms with Crippen molar-refractivity contribution in [3.05, 3.63) is 52.8 Å². The Kier molecular flexibility index (Phi) is 4.16. The minimum absolute atomic E-state index is 0.187. The van der Waals surface area contributed by atoms with Gasteiger partial charge in [-0.1, -0.05) is 13.0 Å². The van der Waals surface area contributed by atoms with Crippen LogP contribution in [0.2, 0.25) is 0 Å². The van der Waals surface area contributed by atoms with Crippen LogP contribution in [0.5, 0.6) is 0 Å². The first-order valence-corrected chi connectivity index (χ1v) is 6.43. The highest BCUT2D eigenvalue weighted by Gasteiger charge is 2.09. The molecule has 0 fully saturated rings. The normalized spacial score (nSPS) is 10.1. The van der Waals surface area contributed by atoms with Gasteiger partial charge in [0.15, 0.2) is 0 Å². The molecule has 0 saturated heterocycles. The Hall–Kier alpha value is -2.61. The van der Waals surface area contributed by atoms with E-state index in [0.717, 1.165) is 17.7 Å². The Morgan fingerprint density at radius 2 is 2.30 bits per heavy atom. The molecule has 2 rings (SSSR count). The molecule has 5 heteroatoms. The maximum absolute atomic E-state index is 12.0. The third kappa shape index (κ3) is 3.04. The number of nitrogens with one attached hydrogen (secondary N) is 1. The van der Waals surface area contributed by atoms with Crippen molar-refractivity contribution in [2.45, 2.75) is 19.9 Å². The Morgan fingerprint density at radius 3 is 3.00 bits per heavy atom. The average molecular weight is 268 g/mol. The molecular formula is C15H16N4O. The molecule has 0 atom stereocenters. The Balaban J connectivity index is 2.06. The minimum atomic E-state index is -0.187. The van der Waals surface area contributed by atoms with E-state index in [2.05, 4.69) is 10.4 Å². The third-order valence-corrected chi connectivity index (χ3v) is 3.02. The van der Waals surface area contributed by atoms with Gasteiger partial charge in [0.25, 0.3) is 5.91 Å². The van der Waals surface area contributed by atoms with Crippen LogP contribution in [-0.2, 0) is 20.0 Å². The van der Waals surface area contributed by atoms with Crippen molar-refractivity contribution >= 4 is 5.91 Å². The van der Waals surface area contributed by atoms with Crippen LogP contribution in [-0.4, -0.2) is 15.7 Å². The number of aryl methyl sites for hydroxylation is 2. The number of hydrogen-bond donors (Lipinski definition) is 1. The lowest BCUT2D eigenvalue weighted by atomic mass is 10.1. The number of benzene rings is 1. The van der Waals surface area contributed by atoms with Gasteiger partial charge in [-0.15, -0.1) is 0 Å². The zero-order chi connectivity index (χ0) is 14.5. The van der Waals surface area contributed by atoms with E-state index in [1.54, 1.807) is 28.9 Å². The second-order valence-electron chi connectivity index (χ2n) is 4.50. The van der Waals surface area contributed by atoms with Crippen molar-refractivity contribution in [1.82, 2.24) is 15.1 Å². The van der Waals surface area contributed by atoms with Crippen LogP contribution in [0.15, 0.2) is 30.5 Å². The smallest absolute Gasteiger partial charge is 0.251 e. The van der Waals surface area contributed by atoms with Crippen LogP contribution in [0, 0.1) is 11.3 Å². The molecular weight excluding hydrogens is 252 g/mol. The maximum atomic E-state index is 12.0. The van der Waals surface area contributed by atoms with Crippen LogP contribution in [0.25, 0.3) is 0 Å². The number of nitrogens with zero attached hydrogens (tertiary/aromatic N) is 3. The van der Waals surface area contributed by atoms with Gasteiger partial charge in [-0.3, -0.25) is 9.48 Å². The lowest BCUT2D eigenvalue weighted by Gasteiger charge is -2.05.